The molecule has 14 heteroatoms. The molecule has 1 aromatic heterocycles. The lowest BCUT2D eigenvalue weighted by Gasteiger charge is -2.15. The van der Waals surface area contributed by atoms with Gasteiger partial charge in [0.2, 0.25) is 11.6 Å². The predicted octanol–water partition coefficient (Wildman–Crippen LogP) is 4.74. The summed E-state index contributed by atoms with van der Waals surface area (Å²) < 4.78 is 65.9. The number of rotatable bonds is 8. The van der Waals surface area contributed by atoms with E-state index in [1.807, 2.05) is 20.8 Å². The van der Waals surface area contributed by atoms with Gasteiger partial charge in [0.1, 0.15) is 5.82 Å². The number of halogens is 4. The number of hydroxylamine groups is 2. The van der Waals surface area contributed by atoms with Crippen LogP contribution in [-0.4, -0.2) is 57.3 Å². The third-order valence-electron chi connectivity index (χ3n) is 4.23. The summed E-state index contributed by atoms with van der Waals surface area (Å²) in [6.07, 6.45) is 0.651. The Bertz CT molecular complexity index is 1050. The molecular formula is C25H34F4N4O6. The molecule has 1 saturated heterocycles. The smallest absolute Gasteiger partial charge is 0.323 e. The van der Waals surface area contributed by atoms with Crippen LogP contribution in [0.25, 0.3) is 0 Å². The molecule has 0 N–H and O–H groups in total. The summed E-state index contributed by atoms with van der Waals surface area (Å²) in [4.78, 5) is 38.9. The van der Waals surface area contributed by atoms with Crippen LogP contribution in [0.1, 0.15) is 67.1 Å². The number of aryl methyl sites for hydroxylation is 1. The molecule has 2 aromatic rings. The molecule has 1 fully saturated rings. The van der Waals surface area contributed by atoms with Crippen LogP contribution in [0.5, 0.6) is 17.8 Å². The molecule has 1 aromatic carbocycles. The number of hydrogen-bond donors (Lipinski definition) is 0. The number of imide groups is 1. The van der Waals surface area contributed by atoms with Crippen LogP contribution in [0.2, 0.25) is 0 Å². The van der Waals surface area contributed by atoms with E-state index in [0.29, 0.717) is 17.8 Å². The topological polar surface area (TPSA) is 113 Å². The molecule has 2 amide bonds. The molecule has 0 spiro atoms. The Kier molecular flexibility index (Phi) is 13.5. The van der Waals surface area contributed by atoms with Crippen LogP contribution in [0.15, 0.2) is 6.07 Å². The van der Waals surface area contributed by atoms with Crippen LogP contribution in [-0.2, 0) is 20.8 Å². The molecule has 0 atom stereocenters. The third kappa shape index (κ3) is 11.0. The lowest BCUT2D eigenvalue weighted by atomic mass is 10.3. The van der Waals surface area contributed by atoms with Gasteiger partial charge in [-0.1, -0.05) is 6.92 Å². The molecule has 3 rings (SSSR count). The lowest BCUT2D eigenvalue weighted by Crippen LogP contribution is -2.31. The molecule has 0 saturated carbocycles. The first-order valence-corrected chi connectivity index (χ1v) is 12.2. The monoisotopic (exact) mass is 562 g/mol. The summed E-state index contributed by atoms with van der Waals surface area (Å²) in [5.74, 6) is -6.79. The van der Waals surface area contributed by atoms with Gasteiger partial charge in [-0.3, -0.25) is 14.4 Å². The zero-order valence-electron chi connectivity index (χ0n) is 23.2. The maximum absolute atomic E-state index is 12.9. The van der Waals surface area contributed by atoms with Crippen LogP contribution >= 0.6 is 0 Å². The van der Waals surface area contributed by atoms with Gasteiger partial charge in [-0.05, 0) is 41.5 Å². The number of hydrogen-bond acceptors (Lipinski definition) is 9. The van der Waals surface area contributed by atoms with Crippen molar-refractivity contribution in [2.24, 2.45) is 0 Å². The number of aromatic nitrogens is 3. The highest BCUT2D eigenvalue weighted by molar-refractivity contribution is 6.00. The summed E-state index contributed by atoms with van der Waals surface area (Å²) in [6.45, 7) is 12.3. The van der Waals surface area contributed by atoms with E-state index < -0.39 is 35.1 Å². The number of carbonyl (C=O) groups is 2. The SMILES string of the molecule is CC(C)ON1C(=O)CCC1=O.CC(C)Oc1c(F)c(F)cc(F)c1F.CCc1nc(OC)nc(OC(C)C)n1. The largest absolute Gasteiger partial charge is 0.485 e. The van der Waals surface area contributed by atoms with Gasteiger partial charge in [0.25, 0.3) is 11.8 Å². The summed E-state index contributed by atoms with van der Waals surface area (Å²) >= 11 is 0. The second-order valence-electron chi connectivity index (χ2n) is 8.74. The highest BCUT2D eigenvalue weighted by Gasteiger charge is 2.30. The fourth-order valence-electron chi connectivity index (χ4n) is 2.67. The van der Waals surface area contributed by atoms with Gasteiger partial charge >= 0.3 is 12.0 Å². The highest BCUT2D eigenvalue weighted by Crippen LogP contribution is 2.27. The number of methoxy groups -OCH3 is 1. The van der Waals surface area contributed by atoms with Gasteiger partial charge in [-0.25, -0.2) is 8.78 Å². The van der Waals surface area contributed by atoms with Gasteiger partial charge in [0, 0.05) is 25.3 Å². The molecule has 1 aliphatic heterocycles. The summed E-state index contributed by atoms with van der Waals surface area (Å²) in [7, 11) is 1.52. The van der Waals surface area contributed by atoms with E-state index >= 15 is 0 Å². The van der Waals surface area contributed by atoms with Crippen molar-refractivity contribution in [3.05, 3.63) is 35.2 Å². The van der Waals surface area contributed by atoms with E-state index in [4.69, 9.17) is 14.3 Å². The van der Waals surface area contributed by atoms with Crippen molar-refractivity contribution in [2.45, 2.75) is 86.0 Å². The van der Waals surface area contributed by atoms with Crippen molar-refractivity contribution >= 4 is 11.8 Å². The van der Waals surface area contributed by atoms with Crippen molar-refractivity contribution in [3.63, 3.8) is 0 Å². The first kappa shape index (κ1) is 33.5. The van der Waals surface area contributed by atoms with E-state index in [1.165, 1.54) is 21.0 Å². The second-order valence-corrected chi connectivity index (χ2v) is 8.74. The minimum Gasteiger partial charge on any atom is -0.485 e. The zero-order valence-corrected chi connectivity index (χ0v) is 23.2. The molecule has 2 heterocycles. The Morgan fingerprint density at radius 2 is 1.28 bits per heavy atom. The number of benzene rings is 1. The molecule has 0 unspecified atom stereocenters. The Labute approximate surface area is 224 Å². The van der Waals surface area contributed by atoms with Gasteiger partial charge in [0.05, 0.1) is 25.4 Å². The van der Waals surface area contributed by atoms with Crippen LogP contribution < -0.4 is 14.2 Å². The van der Waals surface area contributed by atoms with E-state index in [2.05, 4.69) is 19.7 Å². The third-order valence-corrected chi connectivity index (χ3v) is 4.23. The Morgan fingerprint density at radius 1 is 0.795 bits per heavy atom. The van der Waals surface area contributed by atoms with Crippen molar-refractivity contribution in [3.8, 4) is 17.8 Å². The molecule has 0 radical (unpaired) electrons. The lowest BCUT2D eigenvalue weighted by molar-refractivity contribution is -0.198. The van der Waals surface area contributed by atoms with Crippen LogP contribution in [0.3, 0.4) is 0 Å². The minimum absolute atomic E-state index is 0.0480. The standard InChI is InChI=1S/C9H8F4O.C9H15N3O2.C7H11NO3/c1-4(2)14-9-7(12)5(10)3-6(11)8(9)13;1-5-7-10-8(13-4)12-9(11-7)14-6(2)3;1-5(2)11-8-6(9)3-4-7(8)10/h3-4H,1-2H3;6H,5H2,1-4H3;5H,3-4H2,1-2H3. The van der Waals surface area contributed by atoms with Gasteiger partial charge in [-0.2, -0.15) is 23.8 Å². The number of amides is 2. The van der Waals surface area contributed by atoms with Gasteiger partial charge in [0.15, 0.2) is 17.4 Å². The molecule has 0 aliphatic carbocycles. The number of carbonyl (C=O) groups excluding carboxylic acids is 2. The second kappa shape index (κ2) is 15.8. The van der Waals surface area contributed by atoms with Crippen LogP contribution in [0.4, 0.5) is 17.6 Å². The summed E-state index contributed by atoms with van der Waals surface area (Å²) in [5, 5.41) is 0.866. The van der Waals surface area contributed by atoms with Crippen LogP contribution in [0, 0.1) is 23.3 Å². The van der Waals surface area contributed by atoms with Crippen molar-refractivity contribution in [2.75, 3.05) is 7.11 Å². The maximum atomic E-state index is 12.9. The maximum Gasteiger partial charge on any atom is 0.323 e. The number of ether oxygens (including phenoxy) is 3. The Hall–Kier alpha value is -3.55. The van der Waals surface area contributed by atoms with E-state index in [-0.39, 0.29) is 42.9 Å². The van der Waals surface area contributed by atoms with Crippen molar-refractivity contribution < 1.29 is 46.2 Å². The van der Waals surface area contributed by atoms with Crippen molar-refractivity contribution in [1.29, 1.82) is 0 Å². The van der Waals surface area contributed by atoms with E-state index in [1.54, 1.807) is 13.8 Å². The number of nitrogens with zero attached hydrogens (tertiary/aromatic N) is 4. The van der Waals surface area contributed by atoms with E-state index in [0.717, 1.165) is 11.5 Å². The Balaban J connectivity index is 0.000000295. The molecule has 1 aliphatic rings. The van der Waals surface area contributed by atoms with Crippen molar-refractivity contribution in [1.82, 2.24) is 20.0 Å². The quantitative estimate of drug-likeness (QED) is 0.256. The molecule has 0 bridgehead atoms. The fourth-order valence-corrected chi connectivity index (χ4v) is 2.67. The fraction of sp³-hybridized carbons (Fsp3) is 0.560. The van der Waals surface area contributed by atoms with Gasteiger partial charge < -0.3 is 14.2 Å². The molecular weight excluding hydrogens is 528 g/mol. The minimum atomic E-state index is -1.52. The van der Waals surface area contributed by atoms with E-state index in [9.17, 15) is 27.2 Å². The molecule has 218 valence electrons. The highest BCUT2D eigenvalue weighted by atomic mass is 19.2. The summed E-state index contributed by atoms with van der Waals surface area (Å²) in [5.41, 5.74) is 0. The first-order valence-electron chi connectivity index (χ1n) is 12.2. The van der Waals surface area contributed by atoms with Gasteiger partial charge in [-0.15, -0.1) is 4.98 Å². The molecule has 39 heavy (non-hydrogen) atoms. The summed E-state index contributed by atoms with van der Waals surface area (Å²) in [6, 6.07) is 0.758. The Morgan fingerprint density at radius 3 is 1.69 bits per heavy atom. The molecule has 10 nitrogen and oxygen atoms in total. The normalized spacial score (nSPS) is 12.8. The average Bonchev–Trinajstić information content (AvgIpc) is 3.17. The first-order chi connectivity index (χ1) is 18.2. The zero-order chi connectivity index (χ0) is 29.9. The average molecular weight is 563 g/mol. The predicted molar refractivity (Wildman–Crippen MR) is 131 cm³/mol.